The van der Waals surface area contributed by atoms with Gasteiger partial charge in [-0.2, -0.15) is 4.52 Å². The van der Waals surface area contributed by atoms with Crippen molar-refractivity contribution in [3.8, 4) is 0 Å². The molecule has 0 saturated heterocycles. The number of fused-ring (bicyclic) bond motifs is 1. The number of hydrogen-bond acceptors (Lipinski definition) is 3. The van der Waals surface area contributed by atoms with E-state index in [2.05, 4.69) is 17.0 Å². The highest BCUT2D eigenvalue weighted by atomic mass is 16.4. The van der Waals surface area contributed by atoms with Crippen LogP contribution in [-0.4, -0.2) is 14.6 Å². The van der Waals surface area contributed by atoms with Crippen molar-refractivity contribution >= 4 is 5.84 Å². The van der Waals surface area contributed by atoms with Crippen molar-refractivity contribution in [2.24, 2.45) is 0 Å². The van der Waals surface area contributed by atoms with Crippen molar-refractivity contribution in [2.45, 2.75) is 13.3 Å². The smallest absolute Gasteiger partial charge is 0.324 e. The lowest BCUT2D eigenvalue weighted by Gasteiger charge is -1.85. The van der Waals surface area contributed by atoms with Crippen molar-refractivity contribution in [1.82, 2.24) is 14.6 Å². The van der Waals surface area contributed by atoms with Crippen LogP contribution in [0, 0.1) is 0 Å². The molecule has 2 aromatic heterocycles. The third-order valence-electron chi connectivity index (χ3n) is 1.46. The molecule has 0 unspecified atom stereocenters. The lowest BCUT2D eigenvalue weighted by atomic mass is 10.4. The summed E-state index contributed by atoms with van der Waals surface area (Å²) in [6.07, 6.45) is 4.08. The van der Waals surface area contributed by atoms with Gasteiger partial charge in [0.25, 0.3) is 0 Å². The van der Waals surface area contributed by atoms with Crippen LogP contribution in [0.4, 0.5) is 0 Å². The molecule has 2 rings (SSSR count). The quantitative estimate of drug-likeness (QED) is 0.586. The van der Waals surface area contributed by atoms with Gasteiger partial charge in [0.2, 0.25) is 6.39 Å². The maximum Gasteiger partial charge on any atom is 0.324 e. The van der Waals surface area contributed by atoms with Gasteiger partial charge in [-0.15, -0.1) is 5.10 Å². The number of aromatic nitrogens is 3. The summed E-state index contributed by atoms with van der Waals surface area (Å²) in [5.41, 5.74) is 1.07. The highest BCUT2D eigenvalue weighted by Gasteiger charge is 2.02. The second-order valence-electron chi connectivity index (χ2n) is 2.04. The second kappa shape index (κ2) is 1.83. The molecule has 0 aliphatic rings. The monoisotopic (exact) mass is 137 g/mol. The van der Waals surface area contributed by atoms with Crippen LogP contribution in [0.5, 0.6) is 0 Å². The van der Waals surface area contributed by atoms with E-state index in [1.165, 1.54) is 6.39 Å². The van der Waals surface area contributed by atoms with Gasteiger partial charge in [-0.3, -0.25) is 0 Å². The lowest BCUT2D eigenvalue weighted by molar-refractivity contribution is 0.589. The summed E-state index contributed by atoms with van der Waals surface area (Å²) >= 11 is 0. The third kappa shape index (κ3) is 0.556. The van der Waals surface area contributed by atoms with E-state index in [1.54, 1.807) is 10.7 Å². The van der Waals surface area contributed by atoms with Gasteiger partial charge in [-0.1, -0.05) is 6.92 Å². The van der Waals surface area contributed by atoms with Crippen LogP contribution in [0.15, 0.2) is 17.0 Å². The third-order valence-corrected chi connectivity index (χ3v) is 1.46. The molecule has 0 fully saturated rings. The van der Waals surface area contributed by atoms with Crippen LogP contribution in [0.1, 0.15) is 12.6 Å². The molecule has 10 heavy (non-hydrogen) atoms. The average Bonchev–Trinajstić information content (AvgIpc) is 2.44. The molecule has 0 bridgehead atoms. The molecule has 0 radical (unpaired) electrons. The van der Waals surface area contributed by atoms with Crippen molar-refractivity contribution in [2.75, 3.05) is 0 Å². The average molecular weight is 137 g/mol. The van der Waals surface area contributed by atoms with E-state index in [4.69, 9.17) is 4.42 Å². The number of rotatable bonds is 1. The molecule has 0 aliphatic heterocycles. The van der Waals surface area contributed by atoms with Crippen LogP contribution in [0.25, 0.3) is 5.84 Å². The summed E-state index contributed by atoms with van der Waals surface area (Å²) in [6.45, 7) is 2.05. The van der Waals surface area contributed by atoms with Crippen LogP contribution >= 0.6 is 0 Å². The summed E-state index contributed by atoms with van der Waals surface area (Å²) in [4.78, 5) is 3.98. The Balaban J connectivity index is 2.76. The number of nitrogens with zero attached hydrogens (tertiary/aromatic N) is 3. The topological polar surface area (TPSA) is 43.3 Å². The standard InChI is InChI=1S/C6H7N3O/c1-2-5-3-7-6-9(5)8-4-10-6/h3-4H,2H2,1H3. The fourth-order valence-electron chi connectivity index (χ4n) is 0.925. The molecule has 2 heterocycles. The van der Waals surface area contributed by atoms with E-state index in [-0.39, 0.29) is 0 Å². The van der Waals surface area contributed by atoms with Crippen LogP contribution in [-0.2, 0) is 6.42 Å². The molecule has 4 heteroatoms. The first-order valence-electron chi connectivity index (χ1n) is 3.18. The summed E-state index contributed by atoms with van der Waals surface area (Å²) in [7, 11) is 0. The first kappa shape index (κ1) is 5.46. The molecular weight excluding hydrogens is 130 g/mol. The number of hydrogen-bond donors (Lipinski definition) is 0. The maximum atomic E-state index is 4.94. The first-order chi connectivity index (χ1) is 4.92. The maximum absolute atomic E-state index is 4.94. The lowest BCUT2D eigenvalue weighted by Crippen LogP contribution is -1.88. The normalized spacial score (nSPS) is 10.9. The zero-order valence-corrected chi connectivity index (χ0v) is 5.61. The first-order valence-corrected chi connectivity index (χ1v) is 3.18. The van der Waals surface area contributed by atoms with Crippen molar-refractivity contribution in [3.05, 3.63) is 18.3 Å². The van der Waals surface area contributed by atoms with Crippen molar-refractivity contribution < 1.29 is 4.42 Å². The largest absolute Gasteiger partial charge is 0.410 e. The van der Waals surface area contributed by atoms with E-state index in [9.17, 15) is 0 Å². The molecular formula is C6H7N3O. The second-order valence-corrected chi connectivity index (χ2v) is 2.04. The summed E-state index contributed by atoms with van der Waals surface area (Å²) in [5, 5.41) is 3.94. The van der Waals surface area contributed by atoms with Gasteiger partial charge in [0, 0.05) is 0 Å². The molecule has 0 saturated carbocycles. The summed E-state index contributed by atoms with van der Waals surface area (Å²) in [6, 6.07) is 0. The zero-order chi connectivity index (χ0) is 6.97. The highest BCUT2D eigenvalue weighted by molar-refractivity contribution is 5.23. The minimum Gasteiger partial charge on any atom is -0.410 e. The Morgan fingerprint density at radius 1 is 1.70 bits per heavy atom. The molecule has 0 spiro atoms. The van der Waals surface area contributed by atoms with E-state index in [0.29, 0.717) is 5.84 Å². The van der Waals surface area contributed by atoms with E-state index in [1.807, 2.05) is 0 Å². The van der Waals surface area contributed by atoms with Gasteiger partial charge in [0.15, 0.2) is 0 Å². The van der Waals surface area contributed by atoms with Gasteiger partial charge in [0.1, 0.15) is 0 Å². The van der Waals surface area contributed by atoms with Gasteiger partial charge in [-0.05, 0) is 6.42 Å². The summed E-state index contributed by atoms with van der Waals surface area (Å²) in [5.74, 6) is 0.567. The van der Waals surface area contributed by atoms with Crippen molar-refractivity contribution in [3.63, 3.8) is 0 Å². The Hall–Kier alpha value is -1.32. The van der Waals surface area contributed by atoms with E-state index >= 15 is 0 Å². The molecule has 0 aliphatic carbocycles. The fraction of sp³-hybridized carbons (Fsp3) is 0.333. The minimum absolute atomic E-state index is 0.567. The molecule has 2 aromatic rings. The Morgan fingerprint density at radius 3 is 3.40 bits per heavy atom. The SMILES string of the molecule is CCc1cnc2ocnn12. The van der Waals surface area contributed by atoms with Gasteiger partial charge in [-0.25, -0.2) is 4.98 Å². The number of imidazole rings is 1. The van der Waals surface area contributed by atoms with E-state index in [0.717, 1.165) is 12.1 Å². The predicted molar refractivity (Wildman–Crippen MR) is 34.6 cm³/mol. The Bertz CT molecular complexity index is 335. The van der Waals surface area contributed by atoms with Gasteiger partial charge >= 0.3 is 5.84 Å². The molecule has 0 N–H and O–H groups in total. The van der Waals surface area contributed by atoms with E-state index < -0.39 is 0 Å². The van der Waals surface area contributed by atoms with Crippen molar-refractivity contribution in [1.29, 1.82) is 0 Å². The van der Waals surface area contributed by atoms with Crippen LogP contribution < -0.4 is 0 Å². The van der Waals surface area contributed by atoms with Gasteiger partial charge < -0.3 is 4.42 Å². The van der Waals surface area contributed by atoms with Crippen LogP contribution in [0.3, 0.4) is 0 Å². The highest BCUT2D eigenvalue weighted by Crippen LogP contribution is 2.03. The fourth-order valence-corrected chi connectivity index (χ4v) is 0.925. The Labute approximate surface area is 57.5 Å². The Kier molecular flexibility index (Phi) is 1.00. The zero-order valence-electron chi connectivity index (χ0n) is 5.61. The molecule has 4 nitrogen and oxygen atoms in total. The molecule has 0 atom stereocenters. The van der Waals surface area contributed by atoms with Crippen LogP contribution in [0.2, 0.25) is 0 Å². The molecule has 0 amide bonds. The minimum atomic E-state index is 0.567. The number of aryl methyl sites for hydroxylation is 1. The van der Waals surface area contributed by atoms with Gasteiger partial charge in [0.05, 0.1) is 11.9 Å². The molecule has 52 valence electrons. The Morgan fingerprint density at radius 2 is 2.60 bits per heavy atom. The predicted octanol–water partition coefficient (Wildman–Crippen LogP) is 0.885. The molecule has 0 aromatic carbocycles. The summed E-state index contributed by atoms with van der Waals surface area (Å²) < 4.78 is 6.64.